The summed E-state index contributed by atoms with van der Waals surface area (Å²) in [6.45, 7) is 5.85. The molecule has 1 N–H and O–H groups in total. The van der Waals surface area contributed by atoms with Gasteiger partial charge in [-0.05, 0) is 32.6 Å². The molecule has 112 valence electrons. The average molecular weight is 279 g/mol. The Bertz CT molecular complexity index is 464. The lowest BCUT2D eigenvalue weighted by molar-refractivity contribution is -0.177. The molecule has 0 aromatic carbocycles. The van der Waals surface area contributed by atoms with Crippen LogP contribution in [0.25, 0.3) is 0 Å². The lowest BCUT2D eigenvalue weighted by atomic mass is 9.82. The van der Waals surface area contributed by atoms with Gasteiger partial charge in [0.05, 0.1) is 17.9 Å². The van der Waals surface area contributed by atoms with Crippen LogP contribution in [0.15, 0.2) is 6.20 Å². The molecular formula is C15H25N3O2. The first-order valence-corrected chi connectivity index (χ1v) is 7.62. The summed E-state index contributed by atoms with van der Waals surface area (Å²) in [6, 6.07) is 0. The molecule has 1 spiro atoms. The summed E-state index contributed by atoms with van der Waals surface area (Å²) in [5, 5.41) is 14.6. The molecular weight excluding hydrogens is 254 g/mol. The van der Waals surface area contributed by atoms with E-state index in [1.165, 1.54) is 11.3 Å². The third-order valence-electron chi connectivity index (χ3n) is 5.05. The highest BCUT2D eigenvalue weighted by Crippen LogP contribution is 2.35. The van der Waals surface area contributed by atoms with Crippen LogP contribution in [0, 0.1) is 6.92 Å². The molecule has 5 heteroatoms. The van der Waals surface area contributed by atoms with Crippen molar-refractivity contribution in [3.63, 3.8) is 0 Å². The molecule has 3 rings (SSSR count). The lowest BCUT2D eigenvalue weighted by Gasteiger charge is -2.46. The van der Waals surface area contributed by atoms with Crippen molar-refractivity contribution in [2.45, 2.75) is 50.9 Å². The Morgan fingerprint density at radius 2 is 2.20 bits per heavy atom. The maximum atomic E-state index is 10.3. The van der Waals surface area contributed by atoms with E-state index in [1.54, 1.807) is 0 Å². The van der Waals surface area contributed by atoms with E-state index >= 15 is 0 Å². The fourth-order valence-electron chi connectivity index (χ4n) is 3.42. The number of likely N-dealkylation sites (tertiary alicyclic amines) is 1. The molecule has 0 saturated carbocycles. The molecule has 0 bridgehead atoms. The first kappa shape index (κ1) is 14.0. The molecule has 2 aliphatic heterocycles. The summed E-state index contributed by atoms with van der Waals surface area (Å²) in [6.07, 6.45) is 5.44. The summed E-state index contributed by atoms with van der Waals surface area (Å²) in [7, 11) is 1.98. The molecule has 5 nitrogen and oxygen atoms in total. The van der Waals surface area contributed by atoms with Gasteiger partial charge in [-0.1, -0.05) is 0 Å². The second-order valence-corrected chi connectivity index (χ2v) is 6.23. The van der Waals surface area contributed by atoms with Gasteiger partial charge in [0.1, 0.15) is 0 Å². The highest BCUT2D eigenvalue weighted by atomic mass is 16.5. The fraction of sp³-hybridized carbons (Fsp3) is 0.800. The number of aliphatic hydroxyl groups is 1. The van der Waals surface area contributed by atoms with Crippen LogP contribution in [0.3, 0.4) is 0 Å². The van der Waals surface area contributed by atoms with Crippen LogP contribution >= 0.6 is 0 Å². The second kappa shape index (κ2) is 5.47. The number of aromatic nitrogens is 2. The SMILES string of the molecule is Cc1c(CN2CCC3(CC2)OCCCC3O)cnn1C. The van der Waals surface area contributed by atoms with Gasteiger partial charge in [-0.2, -0.15) is 5.10 Å². The van der Waals surface area contributed by atoms with Gasteiger partial charge < -0.3 is 9.84 Å². The van der Waals surface area contributed by atoms with Gasteiger partial charge in [0.15, 0.2) is 0 Å². The molecule has 2 aliphatic rings. The Morgan fingerprint density at radius 3 is 2.80 bits per heavy atom. The molecule has 1 atom stereocenters. The molecule has 1 aromatic rings. The second-order valence-electron chi connectivity index (χ2n) is 6.23. The molecule has 2 fully saturated rings. The molecule has 1 aromatic heterocycles. The van der Waals surface area contributed by atoms with Gasteiger partial charge >= 0.3 is 0 Å². The third kappa shape index (κ3) is 2.50. The monoisotopic (exact) mass is 279 g/mol. The Labute approximate surface area is 120 Å². The maximum absolute atomic E-state index is 10.3. The molecule has 20 heavy (non-hydrogen) atoms. The van der Waals surface area contributed by atoms with Crippen molar-refractivity contribution in [3.05, 3.63) is 17.5 Å². The van der Waals surface area contributed by atoms with E-state index in [1.807, 2.05) is 17.9 Å². The third-order valence-corrected chi connectivity index (χ3v) is 5.05. The van der Waals surface area contributed by atoms with E-state index in [-0.39, 0.29) is 11.7 Å². The van der Waals surface area contributed by atoms with Crippen molar-refractivity contribution >= 4 is 0 Å². The Hall–Kier alpha value is -0.910. The molecule has 2 saturated heterocycles. The van der Waals surface area contributed by atoms with Crippen LogP contribution in [-0.4, -0.2) is 51.2 Å². The first-order chi connectivity index (χ1) is 9.61. The van der Waals surface area contributed by atoms with E-state index in [0.29, 0.717) is 0 Å². The van der Waals surface area contributed by atoms with E-state index in [2.05, 4.69) is 16.9 Å². The van der Waals surface area contributed by atoms with Gasteiger partial charge in [0.25, 0.3) is 0 Å². The molecule has 0 radical (unpaired) electrons. The number of hydrogen-bond donors (Lipinski definition) is 1. The minimum Gasteiger partial charge on any atom is -0.390 e. The maximum Gasteiger partial charge on any atom is 0.0964 e. The summed E-state index contributed by atoms with van der Waals surface area (Å²) >= 11 is 0. The Kier molecular flexibility index (Phi) is 3.84. The van der Waals surface area contributed by atoms with E-state index in [0.717, 1.165) is 51.9 Å². The first-order valence-electron chi connectivity index (χ1n) is 7.62. The lowest BCUT2D eigenvalue weighted by Crippen LogP contribution is -2.55. The van der Waals surface area contributed by atoms with Gasteiger partial charge in [-0.3, -0.25) is 9.58 Å². The number of ether oxygens (including phenoxy) is 1. The van der Waals surface area contributed by atoms with Gasteiger partial charge in [-0.25, -0.2) is 0 Å². The Balaban J connectivity index is 1.60. The van der Waals surface area contributed by atoms with Crippen LogP contribution in [0.5, 0.6) is 0 Å². The van der Waals surface area contributed by atoms with Crippen molar-refractivity contribution in [1.29, 1.82) is 0 Å². The van der Waals surface area contributed by atoms with E-state index in [4.69, 9.17) is 4.74 Å². The summed E-state index contributed by atoms with van der Waals surface area (Å²) in [4.78, 5) is 2.44. The quantitative estimate of drug-likeness (QED) is 0.885. The van der Waals surface area contributed by atoms with Gasteiger partial charge in [0.2, 0.25) is 0 Å². The van der Waals surface area contributed by atoms with Crippen LogP contribution in [0.1, 0.15) is 36.9 Å². The van der Waals surface area contributed by atoms with Crippen LogP contribution < -0.4 is 0 Å². The zero-order chi connectivity index (χ0) is 14.2. The van der Waals surface area contributed by atoms with E-state index < -0.39 is 0 Å². The molecule has 1 unspecified atom stereocenters. The number of piperidine rings is 1. The zero-order valence-corrected chi connectivity index (χ0v) is 12.5. The number of aryl methyl sites for hydroxylation is 1. The standard InChI is InChI=1S/C15H25N3O2/c1-12-13(10-16-17(12)2)11-18-7-5-15(6-8-18)14(19)4-3-9-20-15/h10,14,19H,3-9,11H2,1-2H3. The number of nitrogens with zero attached hydrogens (tertiary/aromatic N) is 3. The minimum absolute atomic E-state index is 0.265. The number of hydrogen-bond acceptors (Lipinski definition) is 4. The molecule has 0 aliphatic carbocycles. The van der Waals surface area contributed by atoms with Crippen molar-refractivity contribution < 1.29 is 9.84 Å². The van der Waals surface area contributed by atoms with Gasteiger partial charge in [-0.15, -0.1) is 0 Å². The van der Waals surface area contributed by atoms with Crippen molar-refractivity contribution in [2.24, 2.45) is 7.05 Å². The molecule has 3 heterocycles. The number of rotatable bonds is 2. The highest BCUT2D eigenvalue weighted by molar-refractivity contribution is 5.15. The predicted octanol–water partition coefficient (Wildman–Crippen LogP) is 1.23. The normalized spacial score (nSPS) is 27.1. The van der Waals surface area contributed by atoms with Crippen LogP contribution in [0.4, 0.5) is 0 Å². The zero-order valence-electron chi connectivity index (χ0n) is 12.5. The highest BCUT2D eigenvalue weighted by Gasteiger charge is 2.43. The van der Waals surface area contributed by atoms with Crippen molar-refractivity contribution in [3.8, 4) is 0 Å². The minimum atomic E-state index is -0.279. The summed E-state index contributed by atoms with van der Waals surface area (Å²) in [5.41, 5.74) is 2.27. The van der Waals surface area contributed by atoms with Gasteiger partial charge in [0, 0.05) is 44.5 Å². The Morgan fingerprint density at radius 1 is 1.45 bits per heavy atom. The average Bonchev–Trinajstić information content (AvgIpc) is 2.77. The number of aliphatic hydroxyl groups excluding tert-OH is 1. The fourth-order valence-corrected chi connectivity index (χ4v) is 3.42. The summed E-state index contributed by atoms with van der Waals surface area (Å²) in [5.74, 6) is 0. The van der Waals surface area contributed by atoms with E-state index in [9.17, 15) is 5.11 Å². The van der Waals surface area contributed by atoms with Crippen LogP contribution in [-0.2, 0) is 18.3 Å². The molecule has 0 amide bonds. The predicted molar refractivity (Wildman–Crippen MR) is 76.4 cm³/mol. The largest absolute Gasteiger partial charge is 0.390 e. The van der Waals surface area contributed by atoms with Crippen molar-refractivity contribution in [1.82, 2.24) is 14.7 Å². The topological polar surface area (TPSA) is 50.5 Å². The van der Waals surface area contributed by atoms with Crippen molar-refractivity contribution in [2.75, 3.05) is 19.7 Å². The smallest absolute Gasteiger partial charge is 0.0964 e. The summed E-state index contributed by atoms with van der Waals surface area (Å²) < 4.78 is 7.88. The van der Waals surface area contributed by atoms with Crippen LogP contribution in [0.2, 0.25) is 0 Å².